The summed E-state index contributed by atoms with van der Waals surface area (Å²) in [5, 5.41) is 4.86. The molecule has 3 rings (SSSR count). The van der Waals surface area contributed by atoms with E-state index in [2.05, 4.69) is 5.32 Å². The molecule has 0 spiro atoms. The van der Waals surface area contributed by atoms with Crippen LogP contribution in [0, 0.1) is 0 Å². The molecule has 0 aliphatic heterocycles. The zero-order valence-electron chi connectivity index (χ0n) is 16.2. The van der Waals surface area contributed by atoms with E-state index in [1.54, 1.807) is 24.3 Å². The van der Waals surface area contributed by atoms with Gasteiger partial charge in [0.2, 0.25) is 0 Å². The van der Waals surface area contributed by atoms with Crippen molar-refractivity contribution in [1.29, 1.82) is 0 Å². The summed E-state index contributed by atoms with van der Waals surface area (Å²) in [6.45, 7) is 3.02. The van der Waals surface area contributed by atoms with E-state index < -0.39 is 18.0 Å². The summed E-state index contributed by atoms with van der Waals surface area (Å²) in [6, 6.07) is 20.3. The summed E-state index contributed by atoms with van der Waals surface area (Å²) in [5.74, 6) is -0.732. The lowest BCUT2D eigenvalue weighted by Crippen LogP contribution is -2.30. The lowest BCUT2D eigenvalue weighted by atomic mass is 10.1. The van der Waals surface area contributed by atoms with Crippen LogP contribution in [0.25, 0.3) is 10.8 Å². The summed E-state index contributed by atoms with van der Waals surface area (Å²) in [7, 11) is 0. The zero-order valence-corrected chi connectivity index (χ0v) is 17.0. The highest BCUT2D eigenvalue weighted by molar-refractivity contribution is 8.00. The van der Waals surface area contributed by atoms with Gasteiger partial charge in [0.1, 0.15) is 5.78 Å². The predicted octanol–water partition coefficient (Wildman–Crippen LogP) is 4.70. The Kier molecular flexibility index (Phi) is 6.67. The Balaban J connectivity index is 1.66. The second kappa shape index (κ2) is 9.39. The third-order valence-electron chi connectivity index (χ3n) is 4.21. The van der Waals surface area contributed by atoms with Crippen LogP contribution in [0.4, 0.5) is 5.69 Å². The Morgan fingerprint density at radius 1 is 0.966 bits per heavy atom. The number of amides is 1. The highest BCUT2D eigenvalue weighted by atomic mass is 32.2. The van der Waals surface area contributed by atoms with Gasteiger partial charge in [0.05, 0.1) is 11.3 Å². The summed E-state index contributed by atoms with van der Waals surface area (Å²) < 4.78 is 5.36. The summed E-state index contributed by atoms with van der Waals surface area (Å²) >= 11 is 1.27. The number of nitrogens with one attached hydrogen (secondary N) is 1. The number of hydrogen-bond donors (Lipinski definition) is 1. The molecule has 1 atom stereocenters. The highest BCUT2D eigenvalue weighted by Gasteiger charge is 2.21. The minimum atomic E-state index is -0.972. The van der Waals surface area contributed by atoms with Gasteiger partial charge in [0.25, 0.3) is 5.91 Å². The number of carbonyl (C=O) groups excluding carboxylic acids is 3. The molecule has 0 radical (unpaired) electrons. The van der Waals surface area contributed by atoms with Gasteiger partial charge in [-0.1, -0.05) is 42.5 Å². The molecule has 3 aromatic carbocycles. The molecule has 0 aliphatic rings. The number of benzene rings is 3. The van der Waals surface area contributed by atoms with Crippen LogP contribution >= 0.6 is 11.8 Å². The van der Waals surface area contributed by atoms with Gasteiger partial charge < -0.3 is 10.1 Å². The first-order valence-corrected chi connectivity index (χ1v) is 10.1. The first-order chi connectivity index (χ1) is 13.9. The average Bonchev–Trinajstić information content (AvgIpc) is 2.72. The number of fused-ring (bicyclic) bond motifs is 1. The van der Waals surface area contributed by atoms with Crippen molar-refractivity contribution in [2.24, 2.45) is 0 Å². The molecule has 5 nitrogen and oxygen atoms in total. The fourth-order valence-electron chi connectivity index (χ4n) is 2.73. The molecule has 29 heavy (non-hydrogen) atoms. The average molecular weight is 407 g/mol. The predicted molar refractivity (Wildman–Crippen MR) is 115 cm³/mol. The summed E-state index contributed by atoms with van der Waals surface area (Å²) in [5.41, 5.74) is 0.970. The minimum Gasteiger partial charge on any atom is -0.449 e. The van der Waals surface area contributed by atoms with Crippen molar-refractivity contribution in [2.45, 2.75) is 24.8 Å². The van der Waals surface area contributed by atoms with Gasteiger partial charge in [0.15, 0.2) is 6.10 Å². The Morgan fingerprint density at radius 3 is 2.41 bits per heavy atom. The lowest BCUT2D eigenvalue weighted by molar-refractivity contribution is -0.123. The molecule has 0 heterocycles. The molecule has 0 aromatic heterocycles. The van der Waals surface area contributed by atoms with Crippen molar-refractivity contribution >= 4 is 45.9 Å². The molecular formula is C23H21NO4S. The molecule has 148 valence electrons. The normalized spacial score (nSPS) is 11.7. The largest absolute Gasteiger partial charge is 0.449 e. The molecule has 3 aromatic rings. The van der Waals surface area contributed by atoms with Gasteiger partial charge in [-0.25, -0.2) is 4.79 Å². The standard InChI is InChI=1S/C23H21NO4S/c1-15(25)14-29-21-10-6-5-9-20(21)23(27)28-16(2)22(26)24-19-12-11-17-7-3-4-8-18(17)13-19/h3-13,16H,14H2,1-2H3,(H,24,26)/t16-/m0/s1. The highest BCUT2D eigenvalue weighted by Crippen LogP contribution is 2.24. The van der Waals surface area contributed by atoms with E-state index in [-0.39, 0.29) is 11.5 Å². The molecule has 0 aliphatic carbocycles. The van der Waals surface area contributed by atoms with Crippen LogP contribution in [0.5, 0.6) is 0 Å². The fraction of sp³-hybridized carbons (Fsp3) is 0.174. The van der Waals surface area contributed by atoms with Crippen molar-refractivity contribution in [3.63, 3.8) is 0 Å². The van der Waals surface area contributed by atoms with E-state index in [0.29, 0.717) is 16.1 Å². The minimum absolute atomic E-state index is 0.0151. The van der Waals surface area contributed by atoms with E-state index in [1.165, 1.54) is 25.6 Å². The maximum atomic E-state index is 12.6. The van der Waals surface area contributed by atoms with Gasteiger partial charge in [0, 0.05) is 10.6 Å². The second-order valence-electron chi connectivity index (χ2n) is 6.59. The van der Waals surface area contributed by atoms with E-state index in [9.17, 15) is 14.4 Å². The molecule has 6 heteroatoms. The number of thioether (sulfide) groups is 1. The zero-order chi connectivity index (χ0) is 20.8. The van der Waals surface area contributed by atoms with Crippen LogP contribution in [0.15, 0.2) is 71.6 Å². The number of esters is 1. The topological polar surface area (TPSA) is 72.5 Å². The number of Topliss-reactive ketones (excluding diaryl/α,β-unsaturated/α-hetero) is 1. The molecule has 0 saturated heterocycles. The van der Waals surface area contributed by atoms with Gasteiger partial charge in [-0.2, -0.15) is 0 Å². The Hall–Kier alpha value is -3.12. The molecule has 1 N–H and O–H groups in total. The second-order valence-corrected chi connectivity index (χ2v) is 7.60. The Morgan fingerprint density at radius 2 is 1.66 bits per heavy atom. The molecule has 0 saturated carbocycles. The summed E-state index contributed by atoms with van der Waals surface area (Å²) in [4.78, 5) is 36.9. The van der Waals surface area contributed by atoms with E-state index in [0.717, 1.165) is 10.8 Å². The number of anilines is 1. The van der Waals surface area contributed by atoms with Crippen LogP contribution in [-0.4, -0.2) is 29.5 Å². The third kappa shape index (κ3) is 5.45. The fourth-order valence-corrected chi connectivity index (χ4v) is 3.57. The van der Waals surface area contributed by atoms with Gasteiger partial charge in [-0.05, 0) is 48.9 Å². The molecule has 0 fully saturated rings. The SMILES string of the molecule is CC(=O)CSc1ccccc1C(=O)O[C@@H](C)C(=O)Nc1ccc2ccccc2c1. The van der Waals surface area contributed by atoms with Crippen LogP contribution in [0.2, 0.25) is 0 Å². The van der Waals surface area contributed by atoms with Crippen molar-refractivity contribution in [3.8, 4) is 0 Å². The molecule has 0 unspecified atom stereocenters. The van der Waals surface area contributed by atoms with Crippen LogP contribution in [0.3, 0.4) is 0 Å². The van der Waals surface area contributed by atoms with Gasteiger partial charge in [-0.15, -0.1) is 11.8 Å². The van der Waals surface area contributed by atoms with Crippen molar-refractivity contribution in [1.82, 2.24) is 0 Å². The smallest absolute Gasteiger partial charge is 0.340 e. The van der Waals surface area contributed by atoms with Crippen molar-refractivity contribution in [2.75, 3.05) is 11.1 Å². The van der Waals surface area contributed by atoms with Crippen LogP contribution in [-0.2, 0) is 14.3 Å². The number of hydrogen-bond acceptors (Lipinski definition) is 5. The molecule has 0 bridgehead atoms. The Bertz CT molecular complexity index is 1060. The van der Waals surface area contributed by atoms with Crippen LogP contribution < -0.4 is 5.32 Å². The summed E-state index contributed by atoms with van der Waals surface area (Å²) in [6.07, 6.45) is -0.972. The number of rotatable bonds is 7. The van der Waals surface area contributed by atoms with E-state index in [4.69, 9.17) is 4.74 Å². The maximum Gasteiger partial charge on any atom is 0.340 e. The number of ether oxygens (including phenoxy) is 1. The number of ketones is 1. The van der Waals surface area contributed by atoms with E-state index in [1.807, 2.05) is 42.5 Å². The molecular weight excluding hydrogens is 386 g/mol. The lowest BCUT2D eigenvalue weighted by Gasteiger charge is -2.15. The van der Waals surface area contributed by atoms with Crippen molar-refractivity contribution < 1.29 is 19.1 Å². The van der Waals surface area contributed by atoms with Gasteiger partial charge >= 0.3 is 5.97 Å². The number of carbonyl (C=O) groups is 3. The third-order valence-corrected chi connectivity index (χ3v) is 5.43. The quantitative estimate of drug-likeness (QED) is 0.454. The van der Waals surface area contributed by atoms with E-state index >= 15 is 0 Å². The maximum absolute atomic E-state index is 12.6. The first kappa shape index (κ1) is 20.6. The molecule has 1 amide bonds. The Labute approximate surface area is 173 Å². The van der Waals surface area contributed by atoms with Gasteiger partial charge in [-0.3, -0.25) is 9.59 Å². The van der Waals surface area contributed by atoms with Crippen LogP contribution in [0.1, 0.15) is 24.2 Å². The van der Waals surface area contributed by atoms with Crippen molar-refractivity contribution in [3.05, 3.63) is 72.3 Å². The first-order valence-electron chi connectivity index (χ1n) is 9.16. The monoisotopic (exact) mass is 407 g/mol.